The van der Waals surface area contributed by atoms with Gasteiger partial charge in [-0.15, -0.1) is 45.5 Å². The first kappa shape index (κ1) is 22.9. The van der Waals surface area contributed by atoms with Crippen molar-refractivity contribution in [1.29, 1.82) is 0 Å². The molecule has 3 aromatic heterocycles. The standard InChI is InChI=1S/C20H27N7OS.HI/c1-2-21-20(23-15-19-25-24-18-7-3-4-8-27(18)19)22-14-16(17-6-5-13-29-17)26-9-11-28-12-10-26;/h3-8,13,16H,2,9-12,14-15H2,1H3,(H2,21,22,23);1H. The number of fused-ring (bicyclic) bond motifs is 1. The highest BCUT2D eigenvalue weighted by atomic mass is 127. The van der Waals surface area contributed by atoms with E-state index in [1.54, 1.807) is 11.3 Å². The third kappa shape index (κ3) is 5.68. The first-order chi connectivity index (χ1) is 14.3. The van der Waals surface area contributed by atoms with Gasteiger partial charge in [-0.05, 0) is 30.5 Å². The van der Waals surface area contributed by atoms with E-state index in [4.69, 9.17) is 9.73 Å². The summed E-state index contributed by atoms with van der Waals surface area (Å²) in [6.45, 7) is 7.59. The quantitative estimate of drug-likeness (QED) is 0.272. The molecule has 162 valence electrons. The lowest BCUT2D eigenvalue weighted by atomic mass is 10.2. The fraction of sp³-hybridized carbons (Fsp3) is 0.450. The van der Waals surface area contributed by atoms with Gasteiger partial charge in [0.05, 0.1) is 19.3 Å². The van der Waals surface area contributed by atoms with Crippen LogP contribution in [0.3, 0.4) is 0 Å². The highest BCUT2D eigenvalue weighted by molar-refractivity contribution is 14.0. The van der Waals surface area contributed by atoms with Crippen molar-refractivity contribution in [3.63, 3.8) is 0 Å². The average Bonchev–Trinajstić information content (AvgIpc) is 3.43. The Hall–Kier alpha value is -1.76. The molecule has 2 N–H and O–H groups in total. The molecule has 10 heteroatoms. The number of halogens is 1. The molecule has 1 fully saturated rings. The van der Waals surface area contributed by atoms with Gasteiger partial charge in [0, 0.05) is 37.3 Å². The van der Waals surface area contributed by atoms with Crippen LogP contribution in [0.1, 0.15) is 23.7 Å². The molecule has 0 radical (unpaired) electrons. The van der Waals surface area contributed by atoms with E-state index in [9.17, 15) is 0 Å². The SMILES string of the molecule is CCNC(=NCc1nnc2ccccn12)NCC(c1cccs1)N1CCOCC1.I. The molecular formula is C20H28IN7OS. The number of pyridine rings is 1. The monoisotopic (exact) mass is 541 g/mol. The first-order valence-corrected chi connectivity index (χ1v) is 10.9. The lowest BCUT2D eigenvalue weighted by molar-refractivity contribution is 0.0177. The summed E-state index contributed by atoms with van der Waals surface area (Å²) in [7, 11) is 0. The summed E-state index contributed by atoms with van der Waals surface area (Å²) in [5, 5.41) is 17.5. The Bertz CT molecular complexity index is 924. The second-order valence-corrected chi connectivity index (χ2v) is 7.78. The number of guanidine groups is 1. The van der Waals surface area contributed by atoms with Gasteiger partial charge in [0.15, 0.2) is 17.4 Å². The van der Waals surface area contributed by atoms with E-state index < -0.39 is 0 Å². The Kier molecular flexibility index (Phi) is 8.85. The molecule has 1 atom stereocenters. The molecule has 0 aromatic carbocycles. The highest BCUT2D eigenvalue weighted by Gasteiger charge is 2.23. The maximum absolute atomic E-state index is 5.54. The van der Waals surface area contributed by atoms with Gasteiger partial charge in [-0.2, -0.15) is 0 Å². The van der Waals surface area contributed by atoms with E-state index in [0.29, 0.717) is 12.6 Å². The molecule has 0 saturated carbocycles. The molecule has 1 aliphatic rings. The Morgan fingerprint density at radius 3 is 2.83 bits per heavy atom. The van der Waals surface area contributed by atoms with Crippen molar-refractivity contribution in [2.45, 2.75) is 19.5 Å². The number of morpholine rings is 1. The molecule has 0 spiro atoms. The molecule has 3 aromatic rings. The molecule has 0 amide bonds. The number of aromatic nitrogens is 3. The van der Waals surface area contributed by atoms with Gasteiger partial charge in [-0.3, -0.25) is 9.30 Å². The third-order valence-corrected chi connectivity index (χ3v) is 5.90. The second kappa shape index (κ2) is 11.6. The Balaban J connectivity index is 0.00000256. The van der Waals surface area contributed by atoms with E-state index in [2.05, 4.69) is 50.2 Å². The number of hydrogen-bond acceptors (Lipinski definition) is 6. The molecule has 1 saturated heterocycles. The minimum Gasteiger partial charge on any atom is -0.379 e. The number of aliphatic imine (C=N–C) groups is 1. The van der Waals surface area contributed by atoms with Gasteiger partial charge in [0.25, 0.3) is 0 Å². The zero-order valence-electron chi connectivity index (χ0n) is 17.0. The molecule has 1 aliphatic heterocycles. The minimum absolute atomic E-state index is 0. The van der Waals surface area contributed by atoms with Crippen molar-refractivity contribution in [2.75, 3.05) is 39.4 Å². The van der Waals surface area contributed by atoms with Crippen LogP contribution in [0.5, 0.6) is 0 Å². The highest BCUT2D eigenvalue weighted by Crippen LogP contribution is 2.25. The third-order valence-electron chi connectivity index (χ3n) is 4.93. The van der Waals surface area contributed by atoms with Gasteiger partial charge in [0.2, 0.25) is 0 Å². The van der Waals surface area contributed by atoms with Crippen LogP contribution in [-0.4, -0.2) is 64.9 Å². The zero-order valence-corrected chi connectivity index (χ0v) is 20.2. The number of nitrogens with one attached hydrogen (secondary N) is 2. The van der Waals surface area contributed by atoms with Crippen LogP contribution < -0.4 is 10.6 Å². The minimum atomic E-state index is 0. The van der Waals surface area contributed by atoms with Gasteiger partial charge in [0.1, 0.15) is 6.54 Å². The zero-order chi connectivity index (χ0) is 19.9. The largest absolute Gasteiger partial charge is 0.379 e. The van der Waals surface area contributed by atoms with Crippen LogP contribution in [0.4, 0.5) is 0 Å². The number of rotatable bonds is 7. The van der Waals surface area contributed by atoms with Crippen LogP contribution in [-0.2, 0) is 11.3 Å². The smallest absolute Gasteiger partial charge is 0.191 e. The molecular weight excluding hydrogens is 513 g/mol. The molecule has 4 rings (SSSR count). The van der Waals surface area contributed by atoms with Crippen molar-refractivity contribution in [3.8, 4) is 0 Å². The van der Waals surface area contributed by atoms with Crippen molar-refractivity contribution >= 4 is 46.9 Å². The first-order valence-electron chi connectivity index (χ1n) is 10.0. The Morgan fingerprint density at radius 1 is 1.20 bits per heavy atom. The van der Waals surface area contributed by atoms with E-state index >= 15 is 0 Å². The fourth-order valence-electron chi connectivity index (χ4n) is 3.46. The van der Waals surface area contributed by atoms with Crippen molar-refractivity contribution in [3.05, 3.63) is 52.6 Å². The van der Waals surface area contributed by atoms with E-state index in [0.717, 1.165) is 56.8 Å². The lowest BCUT2D eigenvalue weighted by Gasteiger charge is -2.34. The summed E-state index contributed by atoms with van der Waals surface area (Å²) < 4.78 is 7.50. The predicted molar refractivity (Wildman–Crippen MR) is 131 cm³/mol. The number of thiophene rings is 1. The second-order valence-electron chi connectivity index (χ2n) is 6.80. The van der Waals surface area contributed by atoms with E-state index in [1.807, 2.05) is 28.8 Å². The average molecular weight is 541 g/mol. The fourth-order valence-corrected chi connectivity index (χ4v) is 4.32. The summed E-state index contributed by atoms with van der Waals surface area (Å²) in [6.07, 6.45) is 1.96. The molecule has 0 bridgehead atoms. The predicted octanol–water partition coefficient (Wildman–Crippen LogP) is 2.54. The van der Waals surface area contributed by atoms with Gasteiger partial charge in [-0.1, -0.05) is 12.1 Å². The normalized spacial score (nSPS) is 16.2. The van der Waals surface area contributed by atoms with E-state index in [-0.39, 0.29) is 24.0 Å². The molecule has 4 heterocycles. The van der Waals surface area contributed by atoms with Crippen molar-refractivity contribution < 1.29 is 4.74 Å². The molecule has 0 aliphatic carbocycles. The van der Waals surface area contributed by atoms with Crippen LogP contribution >= 0.6 is 35.3 Å². The summed E-state index contributed by atoms with van der Waals surface area (Å²) in [4.78, 5) is 8.58. The summed E-state index contributed by atoms with van der Waals surface area (Å²) in [5.74, 6) is 1.61. The Morgan fingerprint density at radius 2 is 2.07 bits per heavy atom. The number of nitrogens with zero attached hydrogens (tertiary/aromatic N) is 5. The van der Waals surface area contributed by atoms with Crippen LogP contribution in [0.15, 0.2) is 46.9 Å². The van der Waals surface area contributed by atoms with Crippen LogP contribution in [0.2, 0.25) is 0 Å². The van der Waals surface area contributed by atoms with Crippen LogP contribution in [0, 0.1) is 0 Å². The van der Waals surface area contributed by atoms with Crippen molar-refractivity contribution in [1.82, 2.24) is 30.1 Å². The molecule has 8 nitrogen and oxygen atoms in total. The topological polar surface area (TPSA) is 79.1 Å². The number of hydrogen-bond donors (Lipinski definition) is 2. The van der Waals surface area contributed by atoms with Gasteiger partial charge in [-0.25, -0.2) is 4.99 Å². The Labute approximate surface area is 197 Å². The van der Waals surface area contributed by atoms with Gasteiger partial charge >= 0.3 is 0 Å². The summed E-state index contributed by atoms with van der Waals surface area (Å²) >= 11 is 1.80. The lowest BCUT2D eigenvalue weighted by Crippen LogP contribution is -2.46. The van der Waals surface area contributed by atoms with Gasteiger partial charge < -0.3 is 15.4 Å². The summed E-state index contributed by atoms with van der Waals surface area (Å²) in [6, 6.07) is 10.5. The number of ether oxygens (including phenoxy) is 1. The van der Waals surface area contributed by atoms with Crippen molar-refractivity contribution in [2.24, 2.45) is 4.99 Å². The van der Waals surface area contributed by atoms with Crippen LogP contribution in [0.25, 0.3) is 5.65 Å². The maximum atomic E-state index is 5.54. The summed E-state index contributed by atoms with van der Waals surface area (Å²) in [5.41, 5.74) is 0.834. The maximum Gasteiger partial charge on any atom is 0.191 e. The van der Waals surface area contributed by atoms with E-state index in [1.165, 1.54) is 4.88 Å². The molecule has 1 unspecified atom stereocenters. The molecule has 30 heavy (non-hydrogen) atoms.